The Kier molecular flexibility index (Phi) is 10.6. The molecule has 0 saturated carbocycles. The molecule has 2 amide bonds. The highest BCUT2D eigenvalue weighted by Crippen LogP contribution is 2.40. The molecule has 0 spiro atoms. The molecule has 3 aromatic carbocycles. The minimum absolute atomic E-state index is 0.0756. The second-order valence-corrected chi connectivity index (χ2v) is 14.8. The van der Waals surface area contributed by atoms with Gasteiger partial charge in [0.15, 0.2) is 16.7 Å². The number of urea groups is 1. The highest BCUT2D eigenvalue weighted by atomic mass is 35.5. The Labute approximate surface area is 287 Å². The number of sulfonamides is 1. The van der Waals surface area contributed by atoms with Crippen molar-refractivity contribution in [2.45, 2.75) is 47.9 Å². The number of methoxy groups -OCH3 is 2. The Hall–Kier alpha value is -3.49. The third-order valence-electron chi connectivity index (χ3n) is 7.92. The van der Waals surface area contributed by atoms with Crippen LogP contribution in [0.15, 0.2) is 70.8 Å². The van der Waals surface area contributed by atoms with Crippen molar-refractivity contribution >= 4 is 51.0 Å². The first kappa shape index (κ1) is 34.8. The summed E-state index contributed by atoms with van der Waals surface area (Å²) in [6, 6.07) is 13.6. The van der Waals surface area contributed by atoms with Gasteiger partial charge in [-0.3, -0.25) is 9.99 Å². The summed E-state index contributed by atoms with van der Waals surface area (Å²) >= 11 is 14.2. The lowest BCUT2D eigenvalue weighted by atomic mass is 9.81. The van der Waals surface area contributed by atoms with Crippen LogP contribution in [-0.2, 0) is 21.2 Å². The second kappa shape index (κ2) is 14.3. The Morgan fingerprint density at radius 2 is 1.72 bits per heavy atom. The number of thioether (sulfide) groups is 1. The van der Waals surface area contributed by atoms with E-state index in [1.165, 1.54) is 37.1 Å². The van der Waals surface area contributed by atoms with Crippen molar-refractivity contribution < 1.29 is 27.1 Å². The maximum atomic E-state index is 14.5. The number of aromatic nitrogens is 2. The third-order valence-corrected chi connectivity index (χ3v) is 10.9. The van der Waals surface area contributed by atoms with Crippen LogP contribution in [0.25, 0.3) is 5.69 Å². The van der Waals surface area contributed by atoms with Crippen molar-refractivity contribution in [2.24, 2.45) is 0 Å². The molecule has 0 bridgehead atoms. The van der Waals surface area contributed by atoms with Gasteiger partial charge in [-0.25, -0.2) is 32.3 Å². The molecule has 5 rings (SSSR count). The fraction of sp³-hybridized carbons (Fsp3) is 0.312. The first-order valence-electron chi connectivity index (χ1n) is 14.6. The molecule has 4 aromatic rings. The van der Waals surface area contributed by atoms with Gasteiger partial charge in [0.25, 0.3) is 10.0 Å². The average molecular weight is 723 g/mol. The molecule has 1 aliphatic heterocycles. The molecular formula is C32H34Cl2FN5O5S2. The topological polar surface area (TPSA) is 115 Å². The molecule has 1 fully saturated rings. The van der Waals surface area contributed by atoms with Gasteiger partial charge in [-0.1, -0.05) is 60.9 Å². The molecule has 2 heterocycles. The number of imidazole rings is 1. The number of hydrogen-bond donors (Lipinski definition) is 2. The number of nitrogens with one attached hydrogen (secondary N) is 2. The van der Waals surface area contributed by atoms with Crippen molar-refractivity contribution in [3.63, 3.8) is 0 Å². The summed E-state index contributed by atoms with van der Waals surface area (Å²) in [5.74, 6) is 0.431. The normalized spacial score (nSPS) is 13.9. The molecule has 10 nitrogen and oxygen atoms in total. The Balaban J connectivity index is 1.43. The summed E-state index contributed by atoms with van der Waals surface area (Å²) in [6.07, 6.45) is 3.61. The molecule has 47 heavy (non-hydrogen) atoms. The lowest BCUT2D eigenvalue weighted by Gasteiger charge is -2.28. The minimum Gasteiger partial charge on any atom is -0.495 e. The Bertz CT molecular complexity index is 1900. The molecule has 1 aliphatic rings. The smallest absolute Gasteiger partial charge is 0.343 e. The molecule has 0 radical (unpaired) electrons. The fourth-order valence-electron chi connectivity index (χ4n) is 5.24. The van der Waals surface area contributed by atoms with Gasteiger partial charge in [-0.05, 0) is 60.4 Å². The molecule has 250 valence electrons. The molecule has 1 aromatic heterocycles. The van der Waals surface area contributed by atoms with Crippen LogP contribution in [0.5, 0.6) is 11.5 Å². The van der Waals surface area contributed by atoms with Crippen LogP contribution in [0.3, 0.4) is 0 Å². The van der Waals surface area contributed by atoms with Crippen LogP contribution >= 0.6 is 35.0 Å². The Morgan fingerprint density at radius 3 is 2.40 bits per heavy atom. The standard InChI is InChI=1S/C32H34Cl2FN5O5S2/c1-32(2,21-8-11-24(33)27(15-21)44-3)29-18-36-31(40(29)22-9-12-26(35)28(16-22)45-4)46-19-20-7-10-23(17-25(20)34)47(42,43)38-30(41)37-39-13-5-6-14-39/h7-12,15-18H,5-6,13-14,19H2,1-4H3,(H2,37,38,41). The van der Waals surface area contributed by atoms with Gasteiger partial charge in [0, 0.05) is 35.3 Å². The monoisotopic (exact) mass is 721 g/mol. The van der Waals surface area contributed by atoms with Gasteiger partial charge < -0.3 is 9.47 Å². The molecule has 2 N–H and O–H groups in total. The van der Waals surface area contributed by atoms with E-state index in [2.05, 4.69) is 5.43 Å². The molecule has 0 aliphatic carbocycles. The van der Waals surface area contributed by atoms with E-state index in [-0.39, 0.29) is 15.7 Å². The van der Waals surface area contributed by atoms with Crippen LogP contribution in [0, 0.1) is 5.82 Å². The van der Waals surface area contributed by atoms with E-state index in [1.807, 2.05) is 35.3 Å². The SMILES string of the molecule is COc1cc(-n2c(C(C)(C)c3ccc(Cl)c(OC)c3)cnc2SCc2ccc(S(=O)(=O)NC(=O)NN3CCCC3)cc2Cl)ccc1F. The largest absolute Gasteiger partial charge is 0.495 e. The number of benzene rings is 3. The number of carbonyl (C=O) groups excluding carboxylic acids is 1. The zero-order valence-corrected chi connectivity index (χ0v) is 29.3. The number of hydrazine groups is 1. The van der Waals surface area contributed by atoms with Crippen LogP contribution in [0.1, 0.15) is 43.5 Å². The van der Waals surface area contributed by atoms with Crippen LogP contribution in [0.2, 0.25) is 10.0 Å². The highest BCUT2D eigenvalue weighted by molar-refractivity contribution is 7.98. The van der Waals surface area contributed by atoms with Gasteiger partial charge in [-0.15, -0.1) is 0 Å². The first-order chi connectivity index (χ1) is 22.3. The van der Waals surface area contributed by atoms with Crippen LogP contribution in [0.4, 0.5) is 9.18 Å². The summed E-state index contributed by atoms with van der Waals surface area (Å²) in [5, 5.41) is 2.94. The highest BCUT2D eigenvalue weighted by Gasteiger charge is 2.31. The molecule has 0 unspecified atom stereocenters. The maximum absolute atomic E-state index is 14.5. The predicted octanol–water partition coefficient (Wildman–Crippen LogP) is 6.95. The van der Waals surface area contributed by atoms with Crippen LogP contribution < -0.4 is 19.6 Å². The van der Waals surface area contributed by atoms with E-state index in [0.29, 0.717) is 46.0 Å². The number of nitrogens with zero attached hydrogens (tertiary/aromatic N) is 3. The number of hydrogen-bond acceptors (Lipinski definition) is 8. The lowest BCUT2D eigenvalue weighted by Crippen LogP contribution is -2.47. The lowest BCUT2D eigenvalue weighted by molar-refractivity contribution is 0.202. The second-order valence-electron chi connectivity index (χ2n) is 11.3. The molecule has 0 atom stereocenters. The number of rotatable bonds is 11. The van der Waals surface area contributed by atoms with Crippen LogP contribution in [-0.4, -0.2) is 56.3 Å². The van der Waals surface area contributed by atoms with E-state index in [4.69, 9.17) is 37.7 Å². The first-order valence-corrected chi connectivity index (χ1v) is 17.8. The van der Waals surface area contributed by atoms with E-state index in [0.717, 1.165) is 24.1 Å². The minimum atomic E-state index is -4.16. The third kappa shape index (κ3) is 7.65. The van der Waals surface area contributed by atoms with Gasteiger partial charge in [0.1, 0.15) is 5.75 Å². The van der Waals surface area contributed by atoms with Crippen molar-refractivity contribution in [3.05, 3.63) is 93.5 Å². The summed E-state index contributed by atoms with van der Waals surface area (Å²) in [4.78, 5) is 16.9. The van der Waals surface area contributed by atoms with E-state index in [9.17, 15) is 17.6 Å². The summed E-state index contributed by atoms with van der Waals surface area (Å²) in [6.45, 7) is 5.39. The van der Waals surface area contributed by atoms with Gasteiger partial charge in [0.05, 0.1) is 41.7 Å². The Morgan fingerprint density at radius 1 is 1.00 bits per heavy atom. The summed E-state index contributed by atoms with van der Waals surface area (Å²) < 4.78 is 54.9. The average Bonchev–Trinajstić information content (AvgIpc) is 3.71. The quantitative estimate of drug-likeness (QED) is 0.160. The van der Waals surface area contributed by atoms with Gasteiger partial charge in [0.2, 0.25) is 0 Å². The number of carbonyl (C=O) groups is 1. The fourth-order valence-corrected chi connectivity index (χ4v) is 7.75. The van der Waals surface area contributed by atoms with E-state index in [1.54, 1.807) is 42.6 Å². The van der Waals surface area contributed by atoms with Crippen molar-refractivity contribution in [1.29, 1.82) is 0 Å². The van der Waals surface area contributed by atoms with Crippen molar-refractivity contribution in [2.75, 3.05) is 27.3 Å². The van der Waals surface area contributed by atoms with E-state index >= 15 is 0 Å². The van der Waals surface area contributed by atoms with Crippen molar-refractivity contribution in [1.82, 2.24) is 24.7 Å². The van der Waals surface area contributed by atoms with Gasteiger partial charge >= 0.3 is 6.03 Å². The summed E-state index contributed by atoms with van der Waals surface area (Å²) in [7, 11) is -1.21. The number of amides is 2. The molecular weight excluding hydrogens is 688 g/mol. The molecule has 1 saturated heterocycles. The maximum Gasteiger partial charge on any atom is 0.343 e. The van der Waals surface area contributed by atoms with Crippen molar-refractivity contribution in [3.8, 4) is 17.2 Å². The zero-order chi connectivity index (χ0) is 33.9. The van der Waals surface area contributed by atoms with E-state index < -0.39 is 27.3 Å². The molecule has 15 heteroatoms. The zero-order valence-electron chi connectivity index (χ0n) is 26.1. The number of halogens is 3. The number of ether oxygens (including phenoxy) is 2. The predicted molar refractivity (Wildman–Crippen MR) is 181 cm³/mol. The summed E-state index contributed by atoms with van der Waals surface area (Å²) in [5.41, 5.74) is 4.90. The van der Waals surface area contributed by atoms with Gasteiger partial charge in [-0.2, -0.15) is 0 Å².